The number of rotatable bonds is 7. The van der Waals surface area contributed by atoms with E-state index in [1.165, 1.54) is 11.0 Å². The highest BCUT2D eigenvalue weighted by Crippen LogP contribution is 2.28. The molecule has 2 aliphatic heterocycles. The molecular weight excluding hydrogens is 489 g/mol. The van der Waals surface area contributed by atoms with Gasteiger partial charge in [0.15, 0.2) is 0 Å². The number of cyclic esters (lactones) is 1. The minimum atomic E-state index is -0.576. The molecule has 1 aromatic heterocycles. The first-order chi connectivity index (χ1) is 17.5. The van der Waals surface area contributed by atoms with Gasteiger partial charge in [0, 0.05) is 35.4 Å². The molecule has 9 nitrogen and oxygen atoms in total. The van der Waals surface area contributed by atoms with E-state index >= 15 is 0 Å². The van der Waals surface area contributed by atoms with Gasteiger partial charge in [0.05, 0.1) is 49.7 Å². The van der Waals surface area contributed by atoms with E-state index < -0.39 is 18.0 Å². The second-order valence-corrected chi connectivity index (χ2v) is 8.97. The summed E-state index contributed by atoms with van der Waals surface area (Å²) < 4.78 is 25.5. The molecule has 0 bridgehead atoms. The lowest BCUT2D eigenvalue weighted by Gasteiger charge is -2.29. The molecule has 2 amide bonds. The monoisotopic (exact) mass is 513 g/mol. The van der Waals surface area contributed by atoms with E-state index in [-0.39, 0.29) is 25.5 Å². The zero-order valence-corrected chi connectivity index (χ0v) is 20.1. The van der Waals surface area contributed by atoms with E-state index in [2.05, 4.69) is 15.6 Å². The van der Waals surface area contributed by atoms with Crippen molar-refractivity contribution in [2.75, 3.05) is 61.1 Å². The molecule has 0 aliphatic carbocycles. The van der Waals surface area contributed by atoms with Crippen LogP contribution in [0.5, 0.6) is 0 Å². The fourth-order valence-corrected chi connectivity index (χ4v) is 4.47. The lowest BCUT2D eigenvalue weighted by atomic mass is 10.2. The number of halogens is 2. The predicted molar refractivity (Wildman–Crippen MR) is 135 cm³/mol. The summed E-state index contributed by atoms with van der Waals surface area (Å²) >= 11 is 6.02. The molecule has 2 aliphatic rings. The number of carbonyl (C=O) groups excluding carboxylic acids is 2. The third kappa shape index (κ3) is 5.29. The Morgan fingerprint density at radius 1 is 1.17 bits per heavy atom. The van der Waals surface area contributed by atoms with Crippen molar-refractivity contribution in [1.29, 1.82) is 0 Å². The van der Waals surface area contributed by atoms with Crippen molar-refractivity contribution in [3.63, 3.8) is 0 Å². The molecule has 2 fully saturated rings. The van der Waals surface area contributed by atoms with E-state index in [0.29, 0.717) is 42.7 Å². The Balaban J connectivity index is 1.14. The molecule has 188 valence electrons. The van der Waals surface area contributed by atoms with Crippen molar-refractivity contribution in [1.82, 2.24) is 10.3 Å². The first-order valence-electron chi connectivity index (χ1n) is 11.6. The summed E-state index contributed by atoms with van der Waals surface area (Å²) in [5.74, 6) is -0.666. The Morgan fingerprint density at radius 3 is 2.81 bits per heavy atom. The molecule has 3 aromatic rings. The zero-order valence-electron chi connectivity index (χ0n) is 19.4. The van der Waals surface area contributed by atoms with Crippen molar-refractivity contribution in [2.45, 2.75) is 6.10 Å². The normalized spacial score (nSPS) is 17.8. The largest absolute Gasteiger partial charge is 0.442 e. The summed E-state index contributed by atoms with van der Waals surface area (Å²) in [5, 5.41) is 7.30. The molecule has 2 saturated heterocycles. The van der Waals surface area contributed by atoms with Gasteiger partial charge in [0.2, 0.25) is 5.91 Å². The van der Waals surface area contributed by atoms with E-state index in [9.17, 15) is 14.0 Å². The number of amides is 2. The van der Waals surface area contributed by atoms with Gasteiger partial charge in [-0.05, 0) is 42.5 Å². The summed E-state index contributed by atoms with van der Waals surface area (Å²) in [5.41, 5.74) is 2.37. The van der Waals surface area contributed by atoms with Crippen LogP contribution in [-0.4, -0.2) is 69.0 Å². The Kier molecular flexibility index (Phi) is 7.06. The van der Waals surface area contributed by atoms with Crippen molar-refractivity contribution in [3.05, 3.63) is 59.5 Å². The molecule has 3 heterocycles. The van der Waals surface area contributed by atoms with Gasteiger partial charge in [-0.3, -0.25) is 14.7 Å². The highest BCUT2D eigenvalue weighted by atomic mass is 35.5. The number of nitrogens with one attached hydrogen (secondary N) is 2. The van der Waals surface area contributed by atoms with Crippen LogP contribution in [0.3, 0.4) is 0 Å². The van der Waals surface area contributed by atoms with Gasteiger partial charge in [0.1, 0.15) is 11.9 Å². The van der Waals surface area contributed by atoms with Gasteiger partial charge in [-0.15, -0.1) is 0 Å². The molecule has 0 saturated carbocycles. The van der Waals surface area contributed by atoms with Crippen LogP contribution < -0.4 is 20.4 Å². The lowest BCUT2D eigenvalue weighted by molar-refractivity contribution is -0.119. The Bertz CT molecular complexity index is 1290. The number of fused-ring (bicyclic) bond motifs is 1. The first-order valence-corrected chi connectivity index (χ1v) is 12.0. The smallest absolute Gasteiger partial charge is 0.414 e. The maximum absolute atomic E-state index is 14.8. The molecule has 0 spiro atoms. The zero-order chi connectivity index (χ0) is 25.1. The van der Waals surface area contributed by atoms with Gasteiger partial charge in [0.25, 0.3) is 0 Å². The molecule has 11 heteroatoms. The molecule has 2 aromatic carbocycles. The Labute approximate surface area is 212 Å². The average molecular weight is 514 g/mol. The van der Waals surface area contributed by atoms with Gasteiger partial charge in [-0.25, -0.2) is 9.18 Å². The maximum atomic E-state index is 14.8. The number of aromatic nitrogens is 1. The number of morpholine rings is 1. The summed E-state index contributed by atoms with van der Waals surface area (Å²) in [6.45, 7) is 2.71. The number of benzene rings is 2. The number of nitrogens with zero attached hydrogens (tertiary/aromatic N) is 3. The van der Waals surface area contributed by atoms with Crippen LogP contribution in [0.25, 0.3) is 10.9 Å². The Hall–Kier alpha value is -3.63. The standard InChI is InChI=1S/C25H25ClFN5O4/c26-16-1-3-19-21(5-6-28-22(19)11-16)29-14-24(33)30-13-18-15-32(25(34)36-18)17-2-4-23(20(27)12-17)31-7-9-35-10-8-31/h1-6,11-12,18H,7-10,13-15H2,(H,28,29)(H,30,33). The molecule has 36 heavy (non-hydrogen) atoms. The highest BCUT2D eigenvalue weighted by molar-refractivity contribution is 6.31. The summed E-state index contributed by atoms with van der Waals surface area (Å²) in [4.78, 5) is 32.4. The summed E-state index contributed by atoms with van der Waals surface area (Å²) in [7, 11) is 0. The molecule has 1 unspecified atom stereocenters. The van der Waals surface area contributed by atoms with Crippen LogP contribution in [0, 0.1) is 5.82 Å². The molecule has 2 N–H and O–H groups in total. The van der Waals surface area contributed by atoms with Crippen molar-refractivity contribution >= 4 is 51.6 Å². The fourth-order valence-electron chi connectivity index (χ4n) is 4.30. The van der Waals surface area contributed by atoms with Gasteiger partial charge in [-0.1, -0.05) is 11.6 Å². The fraction of sp³-hybridized carbons (Fsp3) is 0.320. The average Bonchev–Trinajstić information content (AvgIpc) is 3.26. The SMILES string of the molecule is O=C(CNc1ccnc2cc(Cl)ccc12)NCC1CN(c2ccc(N3CCOCC3)c(F)c2)C(=O)O1. The number of hydrogen-bond acceptors (Lipinski definition) is 7. The van der Waals surface area contributed by atoms with Crippen LogP contribution in [-0.2, 0) is 14.3 Å². The van der Waals surface area contributed by atoms with Gasteiger partial charge < -0.3 is 25.0 Å². The quantitative estimate of drug-likeness (QED) is 0.500. The van der Waals surface area contributed by atoms with Gasteiger partial charge >= 0.3 is 6.09 Å². The molecule has 5 rings (SSSR count). The molecular formula is C25H25ClFN5O4. The summed E-state index contributed by atoms with van der Waals surface area (Å²) in [6.07, 6.45) is 0.516. The van der Waals surface area contributed by atoms with Crippen LogP contribution >= 0.6 is 11.6 Å². The van der Waals surface area contributed by atoms with E-state index in [0.717, 1.165) is 16.6 Å². The summed E-state index contributed by atoms with van der Waals surface area (Å²) in [6, 6.07) is 11.8. The number of hydrogen-bond donors (Lipinski definition) is 2. The van der Waals surface area contributed by atoms with Gasteiger partial charge in [-0.2, -0.15) is 0 Å². The first kappa shape index (κ1) is 24.1. The minimum absolute atomic E-state index is 0.0281. The predicted octanol–water partition coefficient (Wildman–Crippen LogP) is 3.42. The minimum Gasteiger partial charge on any atom is -0.442 e. The second-order valence-electron chi connectivity index (χ2n) is 8.53. The lowest BCUT2D eigenvalue weighted by Crippen LogP contribution is -2.37. The number of ether oxygens (including phenoxy) is 2. The Morgan fingerprint density at radius 2 is 2.00 bits per heavy atom. The van der Waals surface area contributed by atoms with Crippen LogP contribution in [0.15, 0.2) is 48.7 Å². The molecule has 1 atom stereocenters. The maximum Gasteiger partial charge on any atom is 0.414 e. The van der Waals surface area contributed by atoms with Crippen LogP contribution in [0.2, 0.25) is 5.02 Å². The van der Waals surface area contributed by atoms with Crippen LogP contribution in [0.1, 0.15) is 0 Å². The number of anilines is 3. The van der Waals surface area contributed by atoms with Crippen molar-refractivity contribution < 1.29 is 23.5 Å². The highest BCUT2D eigenvalue weighted by Gasteiger charge is 2.33. The third-order valence-electron chi connectivity index (χ3n) is 6.14. The van der Waals surface area contributed by atoms with Crippen molar-refractivity contribution in [3.8, 4) is 0 Å². The second kappa shape index (κ2) is 10.5. The number of carbonyl (C=O) groups is 2. The number of pyridine rings is 1. The molecule has 0 radical (unpaired) electrons. The van der Waals surface area contributed by atoms with E-state index in [1.807, 2.05) is 11.0 Å². The third-order valence-corrected chi connectivity index (χ3v) is 6.37. The van der Waals surface area contributed by atoms with Crippen molar-refractivity contribution in [2.24, 2.45) is 0 Å². The van der Waals surface area contributed by atoms with Crippen LogP contribution in [0.4, 0.5) is 26.2 Å². The van der Waals surface area contributed by atoms with E-state index in [4.69, 9.17) is 21.1 Å². The van der Waals surface area contributed by atoms with E-state index in [1.54, 1.807) is 36.5 Å². The topological polar surface area (TPSA) is 96.0 Å².